The highest BCUT2D eigenvalue weighted by Crippen LogP contribution is 2.30. The van der Waals surface area contributed by atoms with E-state index in [1.165, 1.54) is 36.0 Å². The van der Waals surface area contributed by atoms with Gasteiger partial charge >= 0.3 is 0 Å². The van der Waals surface area contributed by atoms with Crippen molar-refractivity contribution >= 4 is 29.1 Å². The molecule has 0 bridgehead atoms. The molecule has 2 aromatic carbocycles. The van der Waals surface area contributed by atoms with E-state index in [0.29, 0.717) is 21.6 Å². The molecule has 3 aromatic rings. The average molecular weight is 376 g/mol. The molecule has 1 aromatic heterocycles. The SMILES string of the molecule is CC(Sc1nnc(-c2ccccc2Cl)n1C)C(=O)c1ccc(F)cc1. The Labute approximate surface area is 154 Å². The summed E-state index contributed by atoms with van der Waals surface area (Å²) in [7, 11) is 1.83. The van der Waals surface area contributed by atoms with Crippen molar-refractivity contribution in [3.63, 3.8) is 0 Å². The molecule has 7 heteroatoms. The average Bonchev–Trinajstić information content (AvgIpc) is 2.96. The van der Waals surface area contributed by atoms with E-state index < -0.39 is 0 Å². The van der Waals surface area contributed by atoms with Crippen molar-refractivity contribution in [1.82, 2.24) is 14.8 Å². The van der Waals surface area contributed by atoms with Gasteiger partial charge in [0.2, 0.25) is 0 Å². The first-order valence-electron chi connectivity index (χ1n) is 7.58. The van der Waals surface area contributed by atoms with Crippen LogP contribution in [0.3, 0.4) is 0 Å². The molecule has 0 aliphatic heterocycles. The van der Waals surface area contributed by atoms with Gasteiger partial charge in [-0.05, 0) is 43.3 Å². The van der Waals surface area contributed by atoms with E-state index in [0.717, 1.165) is 5.56 Å². The third-order valence-corrected chi connectivity index (χ3v) is 5.19. The Kier molecular flexibility index (Phi) is 5.20. The van der Waals surface area contributed by atoms with Crippen LogP contribution in [0.5, 0.6) is 0 Å². The normalized spacial score (nSPS) is 12.2. The number of hydrogen-bond acceptors (Lipinski definition) is 4. The lowest BCUT2D eigenvalue weighted by molar-refractivity contribution is 0.0994. The molecule has 0 aliphatic carbocycles. The number of ketones is 1. The second-order valence-electron chi connectivity index (χ2n) is 5.48. The van der Waals surface area contributed by atoms with E-state index in [-0.39, 0.29) is 16.9 Å². The second-order valence-corrected chi connectivity index (χ2v) is 7.19. The summed E-state index contributed by atoms with van der Waals surface area (Å²) in [6.45, 7) is 1.79. The predicted molar refractivity (Wildman–Crippen MR) is 97.5 cm³/mol. The number of thioether (sulfide) groups is 1. The van der Waals surface area contributed by atoms with Gasteiger partial charge in [0.15, 0.2) is 16.8 Å². The summed E-state index contributed by atoms with van der Waals surface area (Å²) >= 11 is 7.52. The number of halogens is 2. The zero-order valence-corrected chi connectivity index (χ0v) is 15.2. The number of carbonyl (C=O) groups is 1. The Bertz CT molecular complexity index is 911. The summed E-state index contributed by atoms with van der Waals surface area (Å²) in [6.07, 6.45) is 0. The van der Waals surface area contributed by atoms with Gasteiger partial charge in [0.05, 0.1) is 10.3 Å². The van der Waals surface area contributed by atoms with Crippen LogP contribution in [0.4, 0.5) is 4.39 Å². The van der Waals surface area contributed by atoms with Gasteiger partial charge in [-0.15, -0.1) is 10.2 Å². The molecule has 128 valence electrons. The van der Waals surface area contributed by atoms with Crippen molar-refractivity contribution < 1.29 is 9.18 Å². The summed E-state index contributed by atoms with van der Waals surface area (Å²) in [5, 5.41) is 9.17. The molecule has 0 amide bonds. The molecule has 25 heavy (non-hydrogen) atoms. The molecular formula is C18H15ClFN3OS. The van der Waals surface area contributed by atoms with Crippen LogP contribution in [-0.2, 0) is 7.05 Å². The maximum Gasteiger partial charge on any atom is 0.191 e. The molecule has 1 atom stereocenters. The lowest BCUT2D eigenvalue weighted by Gasteiger charge is -2.10. The number of aromatic nitrogens is 3. The molecule has 1 unspecified atom stereocenters. The summed E-state index contributed by atoms with van der Waals surface area (Å²) in [5.74, 6) is 0.177. The zero-order chi connectivity index (χ0) is 18.0. The highest BCUT2D eigenvalue weighted by atomic mass is 35.5. The summed E-state index contributed by atoms with van der Waals surface area (Å²) in [5.41, 5.74) is 1.25. The van der Waals surface area contributed by atoms with Crippen molar-refractivity contribution in [2.45, 2.75) is 17.3 Å². The van der Waals surface area contributed by atoms with Crippen molar-refractivity contribution in [2.75, 3.05) is 0 Å². The van der Waals surface area contributed by atoms with E-state index in [1.54, 1.807) is 17.6 Å². The van der Waals surface area contributed by atoms with Gasteiger partial charge in [0, 0.05) is 18.2 Å². The van der Waals surface area contributed by atoms with Crippen molar-refractivity contribution in [3.05, 3.63) is 64.9 Å². The van der Waals surface area contributed by atoms with E-state index in [4.69, 9.17) is 11.6 Å². The Morgan fingerprint density at radius 2 is 1.84 bits per heavy atom. The van der Waals surface area contributed by atoms with E-state index >= 15 is 0 Å². The fourth-order valence-corrected chi connectivity index (χ4v) is 3.47. The van der Waals surface area contributed by atoms with Crippen LogP contribution in [-0.4, -0.2) is 25.8 Å². The van der Waals surface area contributed by atoms with Crippen molar-refractivity contribution in [1.29, 1.82) is 0 Å². The topological polar surface area (TPSA) is 47.8 Å². The Morgan fingerprint density at radius 3 is 2.52 bits per heavy atom. The molecule has 0 spiro atoms. The molecule has 0 fully saturated rings. The van der Waals surface area contributed by atoms with Crippen LogP contribution in [0.2, 0.25) is 5.02 Å². The van der Waals surface area contributed by atoms with Gasteiger partial charge in [0.25, 0.3) is 0 Å². The fraction of sp³-hybridized carbons (Fsp3) is 0.167. The summed E-state index contributed by atoms with van der Waals surface area (Å²) < 4.78 is 14.8. The van der Waals surface area contributed by atoms with Crippen molar-refractivity contribution in [2.24, 2.45) is 7.05 Å². The van der Waals surface area contributed by atoms with Gasteiger partial charge in [0.1, 0.15) is 5.82 Å². The Morgan fingerprint density at radius 1 is 1.16 bits per heavy atom. The standard InChI is InChI=1S/C18H15ClFN3OS/c1-11(16(24)12-7-9-13(20)10-8-12)25-18-22-21-17(23(18)2)14-5-3-4-6-15(14)19/h3-11H,1-2H3. The number of nitrogens with zero attached hydrogens (tertiary/aromatic N) is 3. The third kappa shape index (κ3) is 3.75. The van der Waals surface area contributed by atoms with Crippen LogP contribution < -0.4 is 0 Å². The van der Waals surface area contributed by atoms with Crippen LogP contribution in [0, 0.1) is 5.82 Å². The quantitative estimate of drug-likeness (QED) is 0.481. The molecule has 0 saturated carbocycles. The molecule has 0 N–H and O–H groups in total. The Hall–Kier alpha value is -2.18. The van der Waals surface area contributed by atoms with Gasteiger partial charge in [-0.1, -0.05) is 35.5 Å². The van der Waals surface area contributed by atoms with Gasteiger partial charge in [-0.2, -0.15) is 0 Å². The number of carbonyl (C=O) groups excluding carboxylic acids is 1. The second kappa shape index (κ2) is 7.37. The number of hydrogen-bond donors (Lipinski definition) is 0. The van der Waals surface area contributed by atoms with Crippen LogP contribution in [0.25, 0.3) is 11.4 Å². The molecule has 4 nitrogen and oxygen atoms in total. The molecule has 0 saturated heterocycles. The fourth-order valence-electron chi connectivity index (χ4n) is 2.36. The van der Waals surface area contributed by atoms with Gasteiger partial charge in [-0.25, -0.2) is 4.39 Å². The van der Waals surface area contributed by atoms with E-state index in [9.17, 15) is 9.18 Å². The van der Waals surface area contributed by atoms with E-state index in [1.807, 2.05) is 25.2 Å². The first-order valence-corrected chi connectivity index (χ1v) is 8.84. The Balaban J connectivity index is 1.81. The smallest absolute Gasteiger partial charge is 0.191 e. The monoisotopic (exact) mass is 375 g/mol. The first-order chi connectivity index (χ1) is 12.0. The van der Waals surface area contributed by atoms with Crippen LogP contribution >= 0.6 is 23.4 Å². The zero-order valence-electron chi connectivity index (χ0n) is 13.6. The molecule has 1 heterocycles. The maximum atomic E-state index is 13.0. The highest BCUT2D eigenvalue weighted by molar-refractivity contribution is 8.00. The summed E-state index contributed by atoms with van der Waals surface area (Å²) in [6, 6.07) is 12.9. The minimum absolute atomic E-state index is 0.0905. The molecule has 0 aliphatic rings. The molecular weight excluding hydrogens is 361 g/mol. The molecule has 3 rings (SSSR count). The van der Waals surface area contributed by atoms with Gasteiger partial charge in [-0.3, -0.25) is 4.79 Å². The number of rotatable bonds is 5. The summed E-state index contributed by atoms with van der Waals surface area (Å²) in [4.78, 5) is 12.5. The third-order valence-electron chi connectivity index (χ3n) is 3.73. The van der Waals surface area contributed by atoms with Crippen LogP contribution in [0.15, 0.2) is 53.7 Å². The minimum atomic E-state index is -0.382. The highest BCUT2D eigenvalue weighted by Gasteiger charge is 2.21. The van der Waals surface area contributed by atoms with Crippen molar-refractivity contribution in [3.8, 4) is 11.4 Å². The lowest BCUT2D eigenvalue weighted by Crippen LogP contribution is -2.14. The number of benzene rings is 2. The molecule has 0 radical (unpaired) electrons. The van der Waals surface area contributed by atoms with E-state index in [2.05, 4.69) is 10.2 Å². The minimum Gasteiger partial charge on any atom is -0.305 e. The first kappa shape index (κ1) is 17.6. The van der Waals surface area contributed by atoms with Gasteiger partial charge < -0.3 is 4.57 Å². The largest absolute Gasteiger partial charge is 0.305 e. The predicted octanol–water partition coefficient (Wildman–Crippen LogP) is 4.64. The maximum absolute atomic E-state index is 13.0. The lowest BCUT2D eigenvalue weighted by atomic mass is 10.1. The number of Topliss-reactive ketones (excluding diaryl/α,β-unsaturated/α-hetero) is 1. The van der Waals surface area contributed by atoms with Crippen LogP contribution in [0.1, 0.15) is 17.3 Å².